The Morgan fingerprint density at radius 1 is 0.852 bits per heavy atom. The first-order valence-corrected chi connectivity index (χ1v) is 10.5. The van der Waals surface area contributed by atoms with E-state index < -0.39 is 0 Å². The zero-order valence-electron chi connectivity index (χ0n) is 16.3. The van der Waals surface area contributed by atoms with Crippen molar-refractivity contribution in [3.05, 3.63) is 12.2 Å². The molecule has 0 radical (unpaired) electrons. The van der Waals surface area contributed by atoms with Gasteiger partial charge in [0, 0.05) is 51.0 Å². The van der Waals surface area contributed by atoms with E-state index in [-0.39, 0.29) is 11.8 Å². The van der Waals surface area contributed by atoms with Gasteiger partial charge < -0.3 is 14.4 Å². The predicted molar refractivity (Wildman–Crippen MR) is 101 cm³/mol. The fourth-order valence-corrected chi connectivity index (χ4v) is 5.06. The summed E-state index contributed by atoms with van der Waals surface area (Å²) >= 11 is 0. The molecule has 0 unspecified atom stereocenters. The van der Waals surface area contributed by atoms with E-state index in [2.05, 4.69) is 10.2 Å². The molecule has 0 bridgehead atoms. The number of rotatable bonds is 3. The van der Waals surface area contributed by atoms with Gasteiger partial charge in [0.25, 0.3) is 0 Å². The minimum absolute atomic E-state index is 0.0870. The molecule has 2 amide bonds. The van der Waals surface area contributed by atoms with Gasteiger partial charge in [-0.25, -0.2) is 0 Å². The van der Waals surface area contributed by atoms with Crippen LogP contribution in [0.2, 0.25) is 0 Å². The maximum Gasteiger partial charge on any atom is 0.225 e. The summed E-state index contributed by atoms with van der Waals surface area (Å²) in [5.74, 6) is 2.39. The monoisotopic (exact) mass is 373 g/mol. The average molecular weight is 374 g/mol. The van der Waals surface area contributed by atoms with Crippen LogP contribution in [0.3, 0.4) is 0 Å². The minimum atomic E-state index is 0.0870. The number of likely N-dealkylation sites (tertiary alicyclic amines) is 2. The minimum Gasteiger partial charge on any atom is -0.342 e. The summed E-state index contributed by atoms with van der Waals surface area (Å²) in [5, 5.41) is 8.20. The number of amides is 2. The van der Waals surface area contributed by atoms with Crippen molar-refractivity contribution < 1.29 is 9.59 Å². The van der Waals surface area contributed by atoms with Crippen molar-refractivity contribution in [1.82, 2.24) is 24.6 Å². The normalized spacial score (nSPS) is 23.1. The van der Waals surface area contributed by atoms with E-state index in [4.69, 9.17) is 0 Å². The topological polar surface area (TPSA) is 71.3 Å². The summed E-state index contributed by atoms with van der Waals surface area (Å²) in [6, 6.07) is 0. The van der Waals surface area contributed by atoms with Gasteiger partial charge in [-0.2, -0.15) is 0 Å². The molecule has 0 spiro atoms. The van der Waals surface area contributed by atoms with E-state index in [1.165, 1.54) is 12.8 Å². The lowest BCUT2D eigenvalue weighted by atomic mass is 9.91. The van der Waals surface area contributed by atoms with Crippen LogP contribution in [0.15, 0.2) is 6.33 Å². The van der Waals surface area contributed by atoms with Crippen LogP contribution in [0.1, 0.15) is 63.1 Å². The Bertz CT molecular complexity index is 666. The van der Waals surface area contributed by atoms with Gasteiger partial charge in [0.15, 0.2) is 0 Å². The van der Waals surface area contributed by atoms with Crippen molar-refractivity contribution in [1.29, 1.82) is 0 Å². The summed E-state index contributed by atoms with van der Waals surface area (Å²) in [6.07, 6.45) is 9.78. The van der Waals surface area contributed by atoms with Crippen molar-refractivity contribution in [2.75, 3.05) is 26.2 Å². The van der Waals surface area contributed by atoms with E-state index >= 15 is 0 Å². The van der Waals surface area contributed by atoms with Crippen LogP contribution in [0, 0.1) is 11.8 Å². The third kappa shape index (κ3) is 3.87. The quantitative estimate of drug-likeness (QED) is 0.812. The highest BCUT2D eigenvalue weighted by atomic mass is 16.2. The van der Waals surface area contributed by atoms with Gasteiger partial charge in [0.05, 0.1) is 0 Å². The Morgan fingerprint density at radius 2 is 1.37 bits per heavy atom. The fourth-order valence-electron chi connectivity index (χ4n) is 5.06. The molecule has 1 saturated carbocycles. The van der Waals surface area contributed by atoms with Crippen molar-refractivity contribution in [3.8, 4) is 0 Å². The predicted octanol–water partition coefficient (Wildman–Crippen LogP) is 1.95. The first-order valence-electron chi connectivity index (χ1n) is 10.5. The number of carbonyl (C=O) groups is 2. The lowest BCUT2D eigenvalue weighted by molar-refractivity contribution is -0.143. The maximum atomic E-state index is 12.9. The zero-order chi connectivity index (χ0) is 18.8. The Labute approximate surface area is 161 Å². The number of aryl methyl sites for hydroxylation is 1. The number of aromatic nitrogens is 3. The standard InChI is InChI=1S/C20H31N5O2/c1-23-14-21-22-18(23)15-6-10-24(11-7-15)20(27)17-8-12-25(13-9-17)19(26)16-4-2-3-5-16/h14-17H,2-13H2,1H3. The van der Waals surface area contributed by atoms with Crippen LogP contribution in [0.4, 0.5) is 0 Å². The summed E-state index contributed by atoms with van der Waals surface area (Å²) < 4.78 is 1.99. The van der Waals surface area contributed by atoms with Gasteiger partial charge in [-0.1, -0.05) is 12.8 Å². The first-order chi connectivity index (χ1) is 13.1. The highest BCUT2D eigenvalue weighted by Crippen LogP contribution is 2.30. The molecule has 0 aromatic carbocycles. The molecule has 7 nitrogen and oxygen atoms in total. The molecule has 7 heteroatoms. The molecule has 2 aliphatic heterocycles. The number of piperidine rings is 2. The van der Waals surface area contributed by atoms with Crippen LogP contribution in [0.25, 0.3) is 0 Å². The molecule has 27 heavy (non-hydrogen) atoms. The molecular weight excluding hydrogens is 342 g/mol. The molecule has 4 rings (SSSR count). The number of hydrogen-bond acceptors (Lipinski definition) is 4. The van der Waals surface area contributed by atoms with Crippen molar-refractivity contribution >= 4 is 11.8 Å². The molecule has 3 heterocycles. The average Bonchev–Trinajstić information content (AvgIpc) is 3.39. The fraction of sp³-hybridized carbons (Fsp3) is 0.800. The smallest absolute Gasteiger partial charge is 0.225 e. The lowest BCUT2D eigenvalue weighted by Gasteiger charge is -2.37. The summed E-state index contributed by atoms with van der Waals surface area (Å²) in [7, 11) is 1.98. The van der Waals surface area contributed by atoms with Gasteiger partial charge in [-0.3, -0.25) is 9.59 Å². The number of nitrogens with zero attached hydrogens (tertiary/aromatic N) is 5. The molecule has 1 aromatic rings. The second-order valence-electron chi connectivity index (χ2n) is 8.48. The molecule has 1 aliphatic carbocycles. The van der Waals surface area contributed by atoms with Gasteiger partial charge in [0.2, 0.25) is 11.8 Å². The molecule has 1 aromatic heterocycles. The third-order valence-electron chi connectivity index (χ3n) is 6.78. The highest BCUT2D eigenvalue weighted by Gasteiger charge is 2.35. The van der Waals surface area contributed by atoms with Gasteiger partial charge in [-0.05, 0) is 38.5 Å². The second kappa shape index (κ2) is 7.98. The molecular formula is C20H31N5O2. The van der Waals surface area contributed by atoms with E-state index in [0.29, 0.717) is 17.7 Å². The van der Waals surface area contributed by atoms with E-state index in [0.717, 1.165) is 70.5 Å². The number of hydrogen-bond donors (Lipinski definition) is 0. The third-order valence-corrected chi connectivity index (χ3v) is 6.78. The van der Waals surface area contributed by atoms with Crippen LogP contribution < -0.4 is 0 Å². The van der Waals surface area contributed by atoms with E-state index in [9.17, 15) is 9.59 Å². The molecule has 148 valence electrons. The number of carbonyl (C=O) groups excluding carboxylic acids is 2. The van der Waals surface area contributed by atoms with Gasteiger partial charge in [0.1, 0.15) is 12.2 Å². The second-order valence-corrected chi connectivity index (χ2v) is 8.48. The zero-order valence-corrected chi connectivity index (χ0v) is 16.3. The summed E-state index contributed by atoms with van der Waals surface area (Å²) in [6.45, 7) is 3.11. The lowest BCUT2D eigenvalue weighted by Crippen LogP contribution is -2.47. The Hall–Kier alpha value is -1.92. The van der Waals surface area contributed by atoms with Gasteiger partial charge in [-0.15, -0.1) is 10.2 Å². The van der Waals surface area contributed by atoms with Crippen LogP contribution >= 0.6 is 0 Å². The Morgan fingerprint density at radius 3 is 1.89 bits per heavy atom. The highest BCUT2D eigenvalue weighted by molar-refractivity contribution is 5.81. The van der Waals surface area contributed by atoms with E-state index in [1.54, 1.807) is 6.33 Å². The molecule has 2 saturated heterocycles. The Balaban J connectivity index is 1.25. The summed E-state index contributed by atoms with van der Waals surface area (Å²) in [4.78, 5) is 29.6. The molecule has 3 fully saturated rings. The van der Waals surface area contributed by atoms with Crippen LogP contribution in [0.5, 0.6) is 0 Å². The van der Waals surface area contributed by atoms with Crippen molar-refractivity contribution in [2.24, 2.45) is 18.9 Å². The van der Waals surface area contributed by atoms with Gasteiger partial charge >= 0.3 is 0 Å². The van der Waals surface area contributed by atoms with Crippen molar-refractivity contribution in [2.45, 2.75) is 57.3 Å². The molecule has 3 aliphatic rings. The maximum absolute atomic E-state index is 12.9. The first kappa shape index (κ1) is 18.4. The summed E-state index contributed by atoms with van der Waals surface area (Å²) in [5.41, 5.74) is 0. The van der Waals surface area contributed by atoms with Crippen molar-refractivity contribution in [3.63, 3.8) is 0 Å². The van der Waals surface area contributed by atoms with Crippen LogP contribution in [-0.2, 0) is 16.6 Å². The SMILES string of the molecule is Cn1cnnc1C1CCN(C(=O)C2CCN(C(=O)C3CCCC3)CC2)CC1. The molecule has 0 atom stereocenters. The molecule has 0 N–H and O–H groups in total. The van der Waals surface area contributed by atoms with Crippen LogP contribution in [-0.4, -0.2) is 62.6 Å². The Kier molecular flexibility index (Phi) is 5.45. The van der Waals surface area contributed by atoms with E-state index in [1.807, 2.05) is 21.4 Å². The largest absolute Gasteiger partial charge is 0.342 e.